The van der Waals surface area contributed by atoms with Crippen molar-refractivity contribution in [3.8, 4) is 0 Å². The molecule has 2 amide bonds. The molecule has 1 heterocycles. The first-order valence-electron chi connectivity index (χ1n) is 9.25. The summed E-state index contributed by atoms with van der Waals surface area (Å²) in [4.78, 5) is 23.1. The third-order valence-corrected chi connectivity index (χ3v) is 5.32. The Morgan fingerprint density at radius 1 is 1.22 bits per heavy atom. The minimum absolute atomic E-state index is 0.0729. The van der Waals surface area contributed by atoms with Crippen LogP contribution in [0.15, 0.2) is 36.4 Å². The van der Waals surface area contributed by atoms with Crippen molar-refractivity contribution in [2.75, 3.05) is 7.05 Å². The highest BCUT2D eigenvalue weighted by molar-refractivity contribution is 5.97. The normalized spacial score (nSPS) is 23.6. The lowest BCUT2D eigenvalue weighted by Gasteiger charge is -2.14. The number of benzene rings is 1. The minimum atomic E-state index is -0.615. The third-order valence-electron chi connectivity index (χ3n) is 5.32. The molecule has 7 heteroatoms. The number of carbonyl (C=O) groups is 2. The number of amides is 2. The van der Waals surface area contributed by atoms with Gasteiger partial charge in [-0.05, 0) is 43.6 Å². The van der Waals surface area contributed by atoms with Crippen molar-refractivity contribution >= 4 is 11.8 Å². The SMILES string of the molecule is CNC(=O)c1cc(C(N)=O)n(C(C)c2ccccc2)n1.OC1CC2C[C@H]2C1. The van der Waals surface area contributed by atoms with Crippen molar-refractivity contribution in [3.63, 3.8) is 0 Å². The van der Waals surface area contributed by atoms with Crippen molar-refractivity contribution in [1.82, 2.24) is 15.1 Å². The van der Waals surface area contributed by atoms with E-state index in [0.29, 0.717) is 0 Å². The second-order valence-electron chi connectivity index (χ2n) is 7.27. The molecule has 27 heavy (non-hydrogen) atoms. The molecule has 0 radical (unpaired) electrons. The van der Waals surface area contributed by atoms with E-state index in [0.717, 1.165) is 30.2 Å². The van der Waals surface area contributed by atoms with Gasteiger partial charge in [0.25, 0.3) is 11.8 Å². The summed E-state index contributed by atoms with van der Waals surface area (Å²) in [5.41, 5.74) is 6.71. The van der Waals surface area contributed by atoms with Crippen molar-refractivity contribution < 1.29 is 14.7 Å². The Labute approximate surface area is 158 Å². The van der Waals surface area contributed by atoms with E-state index in [-0.39, 0.29) is 29.4 Å². The van der Waals surface area contributed by atoms with Crippen LogP contribution in [0, 0.1) is 11.8 Å². The van der Waals surface area contributed by atoms with Gasteiger partial charge in [-0.15, -0.1) is 0 Å². The van der Waals surface area contributed by atoms with E-state index in [1.54, 1.807) is 0 Å². The number of fused-ring (bicyclic) bond motifs is 1. The quantitative estimate of drug-likeness (QED) is 0.761. The number of nitrogens with one attached hydrogen (secondary N) is 1. The summed E-state index contributed by atoms with van der Waals surface area (Å²) in [5.74, 6) is 0.909. The predicted molar refractivity (Wildman–Crippen MR) is 101 cm³/mol. The van der Waals surface area contributed by atoms with E-state index in [9.17, 15) is 9.59 Å². The van der Waals surface area contributed by atoms with Gasteiger partial charge in [-0.25, -0.2) is 0 Å². The molecule has 2 aliphatic carbocycles. The molecule has 7 nitrogen and oxygen atoms in total. The average molecular weight is 370 g/mol. The number of aliphatic hydroxyl groups excluding tert-OH is 1. The van der Waals surface area contributed by atoms with Crippen molar-refractivity contribution in [3.05, 3.63) is 53.3 Å². The van der Waals surface area contributed by atoms with Gasteiger partial charge in [0.1, 0.15) is 5.69 Å². The van der Waals surface area contributed by atoms with Crippen LogP contribution >= 0.6 is 0 Å². The Balaban J connectivity index is 0.000000246. The van der Waals surface area contributed by atoms with Crippen LogP contribution in [-0.2, 0) is 0 Å². The number of aromatic nitrogens is 2. The molecule has 0 saturated heterocycles. The summed E-state index contributed by atoms with van der Waals surface area (Å²) in [6.45, 7) is 1.89. The highest BCUT2D eigenvalue weighted by Crippen LogP contribution is 2.51. The first-order valence-corrected chi connectivity index (χ1v) is 9.25. The predicted octanol–water partition coefficient (Wildman–Crippen LogP) is 1.73. The number of carbonyl (C=O) groups excluding carboxylic acids is 2. The molecule has 2 fully saturated rings. The van der Waals surface area contributed by atoms with Crippen LogP contribution in [0.1, 0.15) is 58.8 Å². The van der Waals surface area contributed by atoms with Crippen molar-refractivity contribution in [1.29, 1.82) is 0 Å². The molecule has 4 rings (SSSR count). The summed E-state index contributed by atoms with van der Waals surface area (Å²) >= 11 is 0. The van der Waals surface area contributed by atoms with E-state index in [4.69, 9.17) is 10.8 Å². The summed E-state index contributed by atoms with van der Waals surface area (Å²) < 4.78 is 1.47. The van der Waals surface area contributed by atoms with Crippen LogP contribution < -0.4 is 11.1 Å². The summed E-state index contributed by atoms with van der Waals surface area (Å²) in [5, 5.41) is 15.6. The van der Waals surface area contributed by atoms with Gasteiger partial charge < -0.3 is 16.2 Å². The molecule has 1 aromatic heterocycles. The standard InChI is InChI=1S/C14H16N4O2.C6H10O/c1-9(10-6-4-3-5-7-10)18-12(13(15)19)8-11(17-18)14(20)16-2;7-6-2-4-1-5(4)3-6/h3-9H,1-2H3,(H2,15,19)(H,16,20);4-7H,1-3H2/t;4-,5?,6?/m.0/s1. The Kier molecular flexibility index (Phi) is 5.60. The van der Waals surface area contributed by atoms with E-state index in [1.165, 1.54) is 24.2 Å². The molecule has 2 aliphatic rings. The molecular weight excluding hydrogens is 344 g/mol. The number of hydrogen-bond acceptors (Lipinski definition) is 4. The highest BCUT2D eigenvalue weighted by Gasteiger charge is 2.45. The number of hydrogen-bond donors (Lipinski definition) is 3. The average Bonchev–Trinajstić information content (AvgIpc) is 3.09. The highest BCUT2D eigenvalue weighted by atomic mass is 16.3. The number of primary amides is 1. The molecule has 0 aliphatic heterocycles. The maximum Gasteiger partial charge on any atom is 0.271 e. The molecule has 144 valence electrons. The fourth-order valence-corrected chi connectivity index (χ4v) is 3.67. The zero-order valence-corrected chi connectivity index (χ0v) is 15.6. The zero-order valence-electron chi connectivity index (χ0n) is 15.6. The van der Waals surface area contributed by atoms with Crippen molar-refractivity contribution in [2.24, 2.45) is 17.6 Å². The summed E-state index contributed by atoms with van der Waals surface area (Å²) in [6.07, 6.45) is 3.69. The monoisotopic (exact) mass is 370 g/mol. The summed E-state index contributed by atoms with van der Waals surface area (Å²) in [6, 6.07) is 10.8. The van der Waals surface area contributed by atoms with Gasteiger partial charge in [-0.2, -0.15) is 5.10 Å². The van der Waals surface area contributed by atoms with Gasteiger partial charge >= 0.3 is 0 Å². The molecule has 1 aromatic carbocycles. The maximum atomic E-state index is 11.6. The van der Waals surface area contributed by atoms with Gasteiger partial charge in [0.2, 0.25) is 0 Å². The van der Waals surface area contributed by atoms with E-state index in [2.05, 4.69) is 10.4 Å². The topological polar surface area (TPSA) is 110 Å². The van der Waals surface area contributed by atoms with Gasteiger partial charge in [0.05, 0.1) is 12.1 Å². The summed E-state index contributed by atoms with van der Waals surface area (Å²) in [7, 11) is 1.51. The lowest BCUT2D eigenvalue weighted by molar-refractivity contribution is 0.0955. The lowest BCUT2D eigenvalue weighted by Crippen LogP contribution is -2.21. The largest absolute Gasteiger partial charge is 0.393 e. The number of nitrogens with zero attached hydrogens (tertiary/aromatic N) is 2. The minimum Gasteiger partial charge on any atom is -0.393 e. The van der Waals surface area contributed by atoms with E-state index < -0.39 is 5.91 Å². The van der Waals surface area contributed by atoms with Crippen molar-refractivity contribution in [2.45, 2.75) is 38.3 Å². The van der Waals surface area contributed by atoms with Crippen LogP contribution in [-0.4, -0.2) is 39.9 Å². The first kappa shape index (κ1) is 19.1. The molecule has 4 atom stereocenters. The van der Waals surface area contributed by atoms with Crippen LogP contribution in [0.3, 0.4) is 0 Å². The Hall–Kier alpha value is -2.67. The number of rotatable bonds is 4. The van der Waals surface area contributed by atoms with E-state index in [1.807, 2.05) is 37.3 Å². The van der Waals surface area contributed by atoms with Crippen LogP contribution in [0.2, 0.25) is 0 Å². The Morgan fingerprint density at radius 2 is 1.85 bits per heavy atom. The van der Waals surface area contributed by atoms with Gasteiger partial charge in [0.15, 0.2) is 5.69 Å². The fraction of sp³-hybridized carbons (Fsp3) is 0.450. The Morgan fingerprint density at radius 3 is 2.33 bits per heavy atom. The second kappa shape index (κ2) is 7.92. The molecule has 0 spiro atoms. The molecular formula is C20H26N4O3. The zero-order chi connectivity index (χ0) is 19.6. The molecule has 0 bridgehead atoms. The molecule has 4 N–H and O–H groups in total. The maximum absolute atomic E-state index is 11.6. The third kappa shape index (κ3) is 4.36. The van der Waals surface area contributed by atoms with Gasteiger partial charge in [0, 0.05) is 13.1 Å². The van der Waals surface area contributed by atoms with Crippen LogP contribution in [0.5, 0.6) is 0 Å². The smallest absolute Gasteiger partial charge is 0.271 e. The molecule has 2 saturated carbocycles. The van der Waals surface area contributed by atoms with Gasteiger partial charge in [-0.1, -0.05) is 30.3 Å². The first-order chi connectivity index (χ1) is 12.9. The number of aliphatic hydroxyl groups is 1. The number of nitrogens with two attached hydrogens (primary N) is 1. The van der Waals surface area contributed by atoms with Crippen LogP contribution in [0.25, 0.3) is 0 Å². The lowest BCUT2D eigenvalue weighted by atomic mass is 10.1. The molecule has 2 aromatic rings. The molecule has 3 unspecified atom stereocenters. The van der Waals surface area contributed by atoms with Gasteiger partial charge in [-0.3, -0.25) is 14.3 Å². The second-order valence-corrected chi connectivity index (χ2v) is 7.27. The van der Waals surface area contributed by atoms with E-state index >= 15 is 0 Å². The fourth-order valence-electron chi connectivity index (χ4n) is 3.67. The Bertz CT molecular complexity index is 808. The van der Waals surface area contributed by atoms with Crippen LogP contribution in [0.4, 0.5) is 0 Å².